The number of thiophene rings is 1. The number of hydrogen-bond acceptors (Lipinski definition) is 5. The zero-order chi connectivity index (χ0) is 14.0. The van der Waals surface area contributed by atoms with Crippen LogP contribution in [-0.2, 0) is 4.74 Å². The Bertz CT molecular complexity index is 486. The molecule has 0 bridgehead atoms. The molecule has 2 atom stereocenters. The predicted molar refractivity (Wildman–Crippen MR) is 73.9 cm³/mol. The van der Waals surface area contributed by atoms with E-state index in [1.807, 2.05) is 7.05 Å². The van der Waals surface area contributed by atoms with Gasteiger partial charge in [0, 0.05) is 20.2 Å². The molecule has 1 aromatic rings. The number of likely N-dealkylation sites (tertiary alicyclic amines) is 1. The fraction of sp³-hybridized carbons (Fsp3) is 0.538. The van der Waals surface area contributed by atoms with Gasteiger partial charge < -0.3 is 15.0 Å². The highest BCUT2D eigenvalue weighted by Gasteiger charge is 2.32. The molecule has 0 aromatic carbocycles. The number of ketones is 1. The van der Waals surface area contributed by atoms with E-state index in [1.54, 1.807) is 19.2 Å². The number of nitrogens with zero attached hydrogens (tertiary/aromatic N) is 1. The Kier molecular flexibility index (Phi) is 4.34. The second-order valence-corrected chi connectivity index (χ2v) is 5.88. The number of likely N-dealkylation sites (N-methyl/N-ethyl adjacent to an activating group) is 1. The molecule has 6 heteroatoms. The van der Waals surface area contributed by atoms with Crippen LogP contribution < -0.4 is 5.32 Å². The van der Waals surface area contributed by atoms with Crippen LogP contribution in [0.4, 0.5) is 0 Å². The standard InChI is InChI=1S/C13H18N2O3S/c1-8(16)11-4-5-12(19-11)13(17)14-9-6-15(2)7-10(9)18-3/h4-5,9-10H,6-7H2,1-3H3,(H,14,17)/t9-,10-/m0/s1. The molecule has 1 aromatic heterocycles. The summed E-state index contributed by atoms with van der Waals surface area (Å²) in [7, 11) is 3.65. The lowest BCUT2D eigenvalue weighted by Crippen LogP contribution is -2.43. The molecule has 2 heterocycles. The van der Waals surface area contributed by atoms with Gasteiger partial charge in [0.05, 0.1) is 21.9 Å². The smallest absolute Gasteiger partial charge is 0.261 e. The first-order valence-electron chi connectivity index (χ1n) is 6.14. The predicted octanol–water partition coefficient (Wildman–Crippen LogP) is 1.01. The van der Waals surface area contributed by atoms with Crippen molar-refractivity contribution < 1.29 is 14.3 Å². The number of nitrogens with one attached hydrogen (secondary N) is 1. The van der Waals surface area contributed by atoms with Crippen LogP contribution in [0.1, 0.15) is 26.3 Å². The number of ether oxygens (including phenoxy) is 1. The van der Waals surface area contributed by atoms with Gasteiger partial charge in [-0.3, -0.25) is 9.59 Å². The van der Waals surface area contributed by atoms with Crippen LogP contribution in [0.15, 0.2) is 12.1 Å². The van der Waals surface area contributed by atoms with Crippen molar-refractivity contribution in [3.63, 3.8) is 0 Å². The summed E-state index contributed by atoms with van der Waals surface area (Å²) in [6.45, 7) is 3.08. The van der Waals surface area contributed by atoms with Crippen molar-refractivity contribution in [3.05, 3.63) is 21.9 Å². The number of Topliss-reactive ketones (excluding diaryl/α,β-unsaturated/α-hetero) is 1. The molecular formula is C13H18N2O3S. The van der Waals surface area contributed by atoms with Crippen LogP contribution in [0.2, 0.25) is 0 Å². The van der Waals surface area contributed by atoms with Crippen LogP contribution in [0, 0.1) is 0 Å². The highest BCUT2D eigenvalue weighted by Crippen LogP contribution is 2.18. The maximum atomic E-state index is 12.1. The molecule has 0 spiro atoms. The number of hydrogen-bond donors (Lipinski definition) is 1. The van der Waals surface area contributed by atoms with Crippen LogP contribution >= 0.6 is 11.3 Å². The largest absolute Gasteiger partial charge is 0.378 e. The minimum atomic E-state index is -0.139. The average molecular weight is 282 g/mol. The Morgan fingerprint density at radius 1 is 1.37 bits per heavy atom. The lowest BCUT2D eigenvalue weighted by Gasteiger charge is -2.17. The molecule has 104 valence electrons. The Morgan fingerprint density at radius 3 is 2.63 bits per heavy atom. The molecule has 2 rings (SSSR count). The minimum Gasteiger partial charge on any atom is -0.378 e. The first-order chi connectivity index (χ1) is 9.01. The first-order valence-corrected chi connectivity index (χ1v) is 6.96. The van der Waals surface area contributed by atoms with E-state index in [0.29, 0.717) is 9.75 Å². The number of amides is 1. The molecular weight excluding hydrogens is 264 g/mol. The lowest BCUT2D eigenvalue weighted by molar-refractivity contribution is 0.0768. The second kappa shape index (κ2) is 5.81. The highest BCUT2D eigenvalue weighted by atomic mass is 32.1. The summed E-state index contributed by atoms with van der Waals surface area (Å²) in [5, 5.41) is 2.97. The third-order valence-electron chi connectivity index (χ3n) is 3.24. The van der Waals surface area contributed by atoms with Crippen molar-refractivity contribution in [2.45, 2.75) is 19.1 Å². The fourth-order valence-electron chi connectivity index (χ4n) is 2.23. The topological polar surface area (TPSA) is 58.6 Å². The molecule has 5 nitrogen and oxygen atoms in total. The number of carbonyl (C=O) groups is 2. The quantitative estimate of drug-likeness (QED) is 0.837. The van der Waals surface area contributed by atoms with E-state index < -0.39 is 0 Å². The SMILES string of the molecule is CO[C@H]1CN(C)C[C@@H]1NC(=O)c1ccc(C(C)=O)s1. The molecule has 1 aliphatic rings. The number of carbonyl (C=O) groups excluding carboxylic acids is 2. The summed E-state index contributed by atoms with van der Waals surface area (Å²) in [5.74, 6) is -0.153. The van der Waals surface area contributed by atoms with Gasteiger partial charge >= 0.3 is 0 Å². The maximum Gasteiger partial charge on any atom is 0.261 e. The van der Waals surface area contributed by atoms with E-state index in [9.17, 15) is 9.59 Å². The Morgan fingerprint density at radius 2 is 2.05 bits per heavy atom. The molecule has 1 saturated heterocycles. The highest BCUT2D eigenvalue weighted by molar-refractivity contribution is 7.15. The van der Waals surface area contributed by atoms with Gasteiger partial charge in [0.25, 0.3) is 5.91 Å². The summed E-state index contributed by atoms with van der Waals surface area (Å²) in [4.78, 5) is 26.6. The molecule has 0 unspecified atom stereocenters. The zero-order valence-corrected chi connectivity index (χ0v) is 12.1. The van der Waals surface area contributed by atoms with Crippen molar-refractivity contribution >= 4 is 23.0 Å². The Hall–Kier alpha value is -1.24. The maximum absolute atomic E-state index is 12.1. The van der Waals surface area contributed by atoms with Crippen LogP contribution in [-0.4, -0.2) is 56.0 Å². The molecule has 1 N–H and O–H groups in total. The minimum absolute atomic E-state index is 0.00891. The van der Waals surface area contributed by atoms with Crippen molar-refractivity contribution in [1.29, 1.82) is 0 Å². The van der Waals surface area contributed by atoms with E-state index in [4.69, 9.17) is 4.74 Å². The molecule has 19 heavy (non-hydrogen) atoms. The van der Waals surface area contributed by atoms with Gasteiger partial charge in [-0.1, -0.05) is 0 Å². The van der Waals surface area contributed by atoms with E-state index in [-0.39, 0.29) is 23.8 Å². The van der Waals surface area contributed by atoms with Crippen molar-refractivity contribution in [1.82, 2.24) is 10.2 Å². The van der Waals surface area contributed by atoms with Gasteiger partial charge in [-0.15, -0.1) is 11.3 Å². The van der Waals surface area contributed by atoms with Crippen LogP contribution in [0.25, 0.3) is 0 Å². The molecule has 1 aliphatic heterocycles. The van der Waals surface area contributed by atoms with Crippen molar-refractivity contribution in [2.24, 2.45) is 0 Å². The summed E-state index contributed by atoms with van der Waals surface area (Å²) >= 11 is 1.23. The molecule has 0 aliphatic carbocycles. The summed E-state index contributed by atoms with van der Waals surface area (Å²) < 4.78 is 5.37. The molecule has 0 radical (unpaired) electrons. The van der Waals surface area contributed by atoms with Gasteiger partial charge in [0.2, 0.25) is 0 Å². The average Bonchev–Trinajstić information content (AvgIpc) is 2.95. The van der Waals surface area contributed by atoms with E-state index in [1.165, 1.54) is 18.3 Å². The van der Waals surface area contributed by atoms with Crippen LogP contribution in [0.3, 0.4) is 0 Å². The first kappa shape index (κ1) is 14.2. The molecule has 0 saturated carbocycles. The summed E-state index contributed by atoms with van der Waals surface area (Å²) in [6.07, 6.45) is 0.0150. The number of rotatable bonds is 4. The third-order valence-corrected chi connectivity index (χ3v) is 4.43. The van der Waals surface area contributed by atoms with Gasteiger partial charge in [-0.2, -0.15) is 0 Å². The summed E-state index contributed by atoms with van der Waals surface area (Å²) in [6, 6.07) is 3.37. The normalized spacial score (nSPS) is 23.5. The molecule has 1 fully saturated rings. The summed E-state index contributed by atoms with van der Waals surface area (Å²) in [5.41, 5.74) is 0. The Labute approximate surface area is 116 Å². The van der Waals surface area contributed by atoms with Crippen molar-refractivity contribution in [2.75, 3.05) is 27.2 Å². The monoisotopic (exact) mass is 282 g/mol. The van der Waals surface area contributed by atoms with Gasteiger partial charge in [0.1, 0.15) is 0 Å². The van der Waals surface area contributed by atoms with Gasteiger partial charge in [0.15, 0.2) is 5.78 Å². The van der Waals surface area contributed by atoms with Crippen molar-refractivity contribution in [3.8, 4) is 0 Å². The zero-order valence-electron chi connectivity index (χ0n) is 11.3. The van der Waals surface area contributed by atoms with E-state index in [0.717, 1.165) is 13.1 Å². The Balaban J connectivity index is 2.02. The van der Waals surface area contributed by atoms with Gasteiger partial charge in [-0.25, -0.2) is 0 Å². The third kappa shape index (κ3) is 3.20. The number of methoxy groups -OCH3 is 1. The fourth-order valence-corrected chi connectivity index (χ4v) is 3.03. The van der Waals surface area contributed by atoms with E-state index >= 15 is 0 Å². The molecule has 1 amide bonds. The van der Waals surface area contributed by atoms with E-state index in [2.05, 4.69) is 10.2 Å². The van der Waals surface area contributed by atoms with Gasteiger partial charge in [-0.05, 0) is 26.1 Å². The van der Waals surface area contributed by atoms with Crippen LogP contribution in [0.5, 0.6) is 0 Å². The lowest BCUT2D eigenvalue weighted by atomic mass is 10.2. The second-order valence-electron chi connectivity index (χ2n) is 4.80.